The van der Waals surface area contributed by atoms with Crippen LogP contribution in [0.3, 0.4) is 0 Å². The van der Waals surface area contributed by atoms with Gasteiger partial charge < -0.3 is 9.36 Å². The molecule has 2 rings (SSSR count). The van der Waals surface area contributed by atoms with Crippen molar-refractivity contribution >= 4 is 17.3 Å². The number of aromatic nitrogens is 2. The van der Waals surface area contributed by atoms with E-state index in [1.165, 1.54) is 12.4 Å². The molecule has 0 saturated heterocycles. The first-order valence-corrected chi connectivity index (χ1v) is 3.86. The van der Waals surface area contributed by atoms with Gasteiger partial charge in [-0.2, -0.15) is 0 Å². The highest BCUT2D eigenvalue weighted by atomic mass is 19.1. The minimum Gasteiger partial charge on any atom is -0.323 e. The Morgan fingerprint density at radius 1 is 1.54 bits per heavy atom. The van der Waals surface area contributed by atoms with Gasteiger partial charge in [-0.15, -0.1) is 0 Å². The standard InChI is InChI=1S/C9H7FN2O/c10-7-2-1-3-8-9(7)11-6-12(8)4-5-13/h1-3,5-6H,4H2. The summed E-state index contributed by atoms with van der Waals surface area (Å²) < 4.78 is 14.7. The summed E-state index contributed by atoms with van der Waals surface area (Å²) in [6.45, 7) is 0.208. The molecule has 3 nitrogen and oxygen atoms in total. The maximum Gasteiger partial charge on any atom is 0.151 e. The van der Waals surface area contributed by atoms with Crippen LogP contribution in [0, 0.1) is 5.82 Å². The summed E-state index contributed by atoms with van der Waals surface area (Å²) in [5.74, 6) is -0.359. The molecular formula is C9H7FN2O. The molecule has 13 heavy (non-hydrogen) atoms. The first-order chi connectivity index (χ1) is 6.33. The Morgan fingerprint density at radius 3 is 3.15 bits per heavy atom. The number of nitrogens with zero attached hydrogens (tertiary/aromatic N) is 2. The Balaban J connectivity index is 2.67. The lowest BCUT2D eigenvalue weighted by atomic mass is 10.3. The highest BCUT2D eigenvalue weighted by Gasteiger charge is 2.05. The molecule has 4 heteroatoms. The molecule has 1 heterocycles. The van der Waals surface area contributed by atoms with Gasteiger partial charge in [-0.1, -0.05) is 6.07 Å². The van der Waals surface area contributed by atoms with E-state index >= 15 is 0 Å². The van der Waals surface area contributed by atoms with Gasteiger partial charge in [0.05, 0.1) is 18.4 Å². The van der Waals surface area contributed by atoms with Gasteiger partial charge in [-0.3, -0.25) is 0 Å². The first-order valence-electron chi connectivity index (χ1n) is 3.86. The van der Waals surface area contributed by atoms with Crippen molar-refractivity contribution in [1.29, 1.82) is 0 Å². The number of carbonyl (C=O) groups excluding carboxylic acids is 1. The first kappa shape index (κ1) is 7.91. The van der Waals surface area contributed by atoms with Crippen molar-refractivity contribution in [2.75, 3.05) is 0 Å². The summed E-state index contributed by atoms with van der Waals surface area (Å²) in [6.07, 6.45) is 2.22. The second-order valence-electron chi connectivity index (χ2n) is 2.67. The molecule has 0 bridgehead atoms. The number of halogens is 1. The van der Waals surface area contributed by atoms with Crippen LogP contribution >= 0.6 is 0 Å². The fourth-order valence-electron chi connectivity index (χ4n) is 1.28. The summed E-state index contributed by atoms with van der Waals surface area (Å²) in [5.41, 5.74) is 0.955. The molecule has 0 saturated carbocycles. The second kappa shape index (κ2) is 2.97. The van der Waals surface area contributed by atoms with Crippen LogP contribution in [0.15, 0.2) is 24.5 Å². The molecule has 66 valence electrons. The number of rotatable bonds is 2. The number of fused-ring (bicyclic) bond motifs is 1. The Bertz CT molecular complexity index is 450. The van der Waals surface area contributed by atoms with Crippen molar-refractivity contribution in [1.82, 2.24) is 9.55 Å². The number of benzene rings is 1. The van der Waals surface area contributed by atoms with Gasteiger partial charge in [0.1, 0.15) is 11.8 Å². The maximum atomic E-state index is 13.1. The molecule has 0 aliphatic rings. The number of para-hydroxylation sites is 1. The minimum absolute atomic E-state index is 0.208. The largest absolute Gasteiger partial charge is 0.323 e. The molecule has 2 aromatic rings. The summed E-state index contributed by atoms with van der Waals surface area (Å²) in [4.78, 5) is 14.1. The molecule has 0 atom stereocenters. The fraction of sp³-hybridized carbons (Fsp3) is 0.111. The van der Waals surface area contributed by atoms with Gasteiger partial charge in [0.25, 0.3) is 0 Å². The topological polar surface area (TPSA) is 34.9 Å². The lowest BCUT2D eigenvalue weighted by Crippen LogP contribution is -1.95. The highest BCUT2D eigenvalue weighted by Crippen LogP contribution is 2.15. The molecule has 1 aromatic heterocycles. The molecule has 0 radical (unpaired) electrons. The van der Waals surface area contributed by atoms with Crippen LogP contribution in [0.4, 0.5) is 4.39 Å². The molecule has 0 aliphatic carbocycles. The predicted molar refractivity (Wildman–Crippen MR) is 45.8 cm³/mol. The predicted octanol–water partition coefficient (Wildman–Crippen LogP) is 1.37. The summed E-state index contributed by atoms with van der Waals surface area (Å²) in [7, 11) is 0. The van der Waals surface area contributed by atoms with Gasteiger partial charge >= 0.3 is 0 Å². The van der Waals surface area contributed by atoms with Crippen molar-refractivity contribution in [3.05, 3.63) is 30.3 Å². The number of hydrogen-bond donors (Lipinski definition) is 0. The van der Waals surface area contributed by atoms with E-state index in [0.717, 1.165) is 6.29 Å². The maximum absolute atomic E-state index is 13.1. The normalized spacial score (nSPS) is 10.5. The van der Waals surface area contributed by atoms with Gasteiger partial charge in [-0.05, 0) is 12.1 Å². The van der Waals surface area contributed by atoms with E-state index in [1.807, 2.05) is 0 Å². The van der Waals surface area contributed by atoms with Gasteiger partial charge in [0.15, 0.2) is 5.82 Å². The van der Waals surface area contributed by atoms with Crippen molar-refractivity contribution < 1.29 is 9.18 Å². The quantitative estimate of drug-likeness (QED) is 0.651. The van der Waals surface area contributed by atoms with Crippen LogP contribution in [0.1, 0.15) is 0 Å². The SMILES string of the molecule is O=CCn1cnc2c(F)cccc21. The Morgan fingerprint density at radius 2 is 2.38 bits per heavy atom. The third-order valence-electron chi connectivity index (χ3n) is 1.87. The zero-order valence-electron chi connectivity index (χ0n) is 6.77. The van der Waals surface area contributed by atoms with Crippen molar-refractivity contribution in [2.24, 2.45) is 0 Å². The molecule has 0 N–H and O–H groups in total. The molecule has 0 fully saturated rings. The molecule has 0 aliphatic heterocycles. The molecule has 0 amide bonds. The van der Waals surface area contributed by atoms with E-state index in [4.69, 9.17) is 0 Å². The van der Waals surface area contributed by atoms with Gasteiger partial charge in [0.2, 0.25) is 0 Å². The Labute approximate surface area is 73.8 Å². The average molecular weight is 178 g/mol. The fourth-order valence-corrected chi connectivity index (χ4v) is 1.28. The lowest BCUT2D eigenvalue weighted by Gasteiger charge is -1.96. The number of hydrogen-bond acceptors (Lipinski definition) is 2. The van der Waals surface area contributed by atoms with Crippen LogP contribution in [0.25, 0.3) is 11.0 Å². The smallest absolute Gasteiger partial charge is 0.151 e. The average Bonchev–Trinajstić information content (AvgIpc) is 2.51. The zero-order chi connectivity index (χ0) is 9.26. The van der Waals surface area contributed by atoms with Crippen LogP contribution in [-0.4, -0.2) is 15.8 Å². The van der Waals surface area contributed by atoms with Crippen molar-refractivity contribution in [3.63, 3.8) is 0 Å². The highest BCUT2D eigenvalue weighted by molar-refractivity contribution is 5.76. The minimum atomic E-state index is -0.359. The van der Waals surface area contributed by atoms with Crippen LogP contribution in [-0.2, 0) is 11.3 Å². The van der Waals surface area contributed by atoms with E-state index in [2.05, 4.69) is 4.98 Å². The molecule has 0 unspecified atom stereocenters. The molecule has 1 aromatic carbocycles. The van der Waals surface area contributed by atoms with Gasteiger partial charge in [0, 0.05) is 0 Å². The van der Waals surface area contributed by atoms with Crippen molar-refractivity contribution in [2.45, 2.75) is 6.54 Å². The number of carbonyl (C=O) groups is 1. The third-order valence-corrected chi connectivity index (χ3v) is 1.87. The van der Waals surface area contributed by atoms with E-state index < -0.39 is 0 Å². The summed E-state index contributed by atoms with van der Waals surface area (Å²) in [6, 6.07) is 4.68. The number of imidazole rings is 1. The van der Waals surface area contributed by atoms with Crippen LogP contribution < -0.4 is 0 Å². The van der Waals surface area contributed by atoms with Crippen LogP contribution in [0.2, 0.25) is 0 Å². The summed E-state index contributed by atoms with van der Waals surface area (Å²) in [5, 5.41) is 0. The third kappa shape index (κ3) is 1.20. The summed E-state index contributed by atoms with van der Waals surface area (Å²) >= 11 is 0. The molecular weight excluding hydrogens is 171 g/mol. The zero-order valence-corrected chi connectivity index (χ0v) is 6.77. The van der Waals surface area contributed by atoms with E-state index in [1.54, 1.807) is 16.7 Å². The van der Waals surface area contributed by atoms with E-state index in [-0.39, 0.29) is 12.4 Å². The van der Waals surface area contributed by atoms with E-state index in [9.17, 15) is 9.18 Å². The van der Waals surface area contributed by atoms with Gasteiger partial charge in [-0.25, -0.2) is 9.37 Å². The Kier molecular flexibility index (Phi) is 1.81. The Hall–Kier alpha value is -1.71. The monoisotopic (exact) mass is 178 g/mol. The number of aldehydes is 1. The van der Waals surface area contributed by atoms with Crippen LogP contribution in [0.5, 0.6) is 0 Å². The second-order valence-corrected chi connectivity index (χ2v) is 2.67. The molecule has 0 spiro atoms. The lowest BCUT2D eigenvalue weighted by molar-refractivity contribution is -0.108. The van der Waals surface area contributed by atoms with E-state index in [0.29, 0.717) is 11.0 Å². The van der Waals surface area contributed by atoms with Crippen molar-refractivity contribution in [3.8, 4) is 0 Å².